The van der Waals surface area contributed by atoms with Gasteiger partial charge < -0.3 is 5.32 Å². The zero-order chi connectivity index (χ0) is 12.4. The molecule has 0 N–H and O–H groups in total. The summed E-state index contributed by atoms with van der Waals surface area (Å²) in [6.07, 6.45) is 7.15. The third-order valence-electron chi connectivity index (χ3n) is 3.45. The van der Waals surface area contributed by atoms with E-state index in [0.717, 1.165) is 10.6 Å². The first-order valence-corrected chi connectivity index (χ1v) is 6.87. The number of hydrogen-bond acceptors (Lipinski definition) is 1. The molecule has 0 saturated heterocycles. The van der Waals surface area contributed by atoms with Gasteiger partial charge in [0.2, 0.25) is 0 Å². The summed E-state index contributed by atoms with van der Waals surface area (Å²) in [6, 6.07) is 12.5. The average Bonchev–Trinajstić information content (AvgIpc) is 2.89. The fraction of sp³-hybridized carbons (Fsp3) is 0.250. The van der Waals surface area contributed by atoms with Gasteiger partial charge in [-0.1, -0.05) is 29.8 Å². The van der Waals surface area contributed by atoms with E-state index >= 15 is 0 Å². The maximum absolute atomic E-state index is 4.58. The van der Waals surface area contributed by atoms with E-state index in [1.54, 1.807) is 0 Å². The smallest absolute Gasteiger partial charge is 0.00463 e. The molecule has 0 heterocycles. The Hall–Kier alpha value is -0.826. The largest absolute Gasteiger partial charge is 0.664 e. The second-order valence-corrected chi connectivity index (χ2v) is 5.36. The van der Waals surface area contributed by atoms with Crippen LogP contribution in [0.2, 0.25) is 0 Å². The summed E-state index contributed by atoms with van der Waals surface area (Å²) in [4.78, 5) is 1.00. The van der Waals surface area contributed by atoms with Crippen molar-refractivity contribution in [3.8, 4) is 0 Å². The Labute approximate surface area is 131 Å². The number of rotatable bonds is 2. The molecule has 2 aromatic rings. The summed E-state index contributed by atoms with van der Waals surface area (Å²) >= 11 is 4.35. The SMILES string of the molecule is Sc1ccc2cc([N-]C=C3CCCC3)ccc2c1.[V]. The fourth-order valence-corrected chi connectivity index (χ4v) is 2.64. The van der Waals surface area contributed by atoms with Crippen LogP contribution in [0.5, 0.6) is 0 Å². The number of hydrogen-bond donors (Lipinski definition) is 1. The third kappa shape index (κ3) is 3.59. The molecule has 0 aliphatic heterocycles. The molecule has 1 aliphatic rings. The number of nitrogens with zero attached hydrogens (tertiary/aromatic N) is 1. The monoisotopic (exact) mass is 305 g/mol. The predicted octanol–water partition coefficient (Wildman–Crippen LogP) is 5.59. The molecule has 19 heavy (non-hydrogen) atoms. The van der Waals surface area contributed by atoms with Crippen LogP contribution in [0.3, 0.4) is 0 Å². The van der Waals surface area contributed by atoms with Gasteiger partial charge in [0.05, 0.1) is 0 Å². The number of fused-ring (bicyclic) bond motifs is 1. The second-order valence-electron chi connectivity index (χ2n) is 4.84. The van der Waals surface area contributed by atoms with Crippen molar-refractivity contribution in [2.24, 2.45) is 0 Å². The van der Waals surface area contributed by atoms with Crippen LogP contribution in [0, 0.1) is 0 Å². The van der Waals surface area contributed by atoms with Crippen LogP contribution in [-0.2, 0) is 18.6 Å². The molecule has 0 bridgehead atoms. The molecule has 1 aliphatic carbocycles. The van der Waals surface area contributed by atoms with E-state index < -0.39 is 0 Å². The van der Waals surface area contributed by atoms with Crippen molar-refractivity contribution in [2.45, 2.75) is 30.6 Å². The topological polar surface area (TPSA) is 14.1 Å². The normalized spacial score (nSPS) is 14.3. The maximum atomic E-state index is 4.58. The van der Waals surface area contributed by atoms with E-state index in [1.807, 2.05) is 6.07 Å². The van der Waals surface area contributed by atoms with Gasteiger partial charge in [-0.25, -0.2) is 0 Å². The molecule has 0 amide bonds. The van der Waals surface area contributed by atoms with E-state index in [1.165, 1.54) is 42.0 Å². The zero-order valence-electron chi connectivity index (χ0n) is 10.7. The van der Waals surface area contributed by atoms with Gasteiger partial charge in [-0.2, -0.15) is 6.20 Å². The second kappa shape index (κ2) is 6.56. The molecule has 1 fully saturated rings. The van der Waals surface area contributed by atoms with Crippen molar-refractivity contribution >= 4 is 29.1 Å². The minimum absolute atomic E-state index is 0. The molecule has 0 unspecified atom stereocenters. The molecule has 0 atom stereocenters. The van der Waals surface area contributed by atoms with Crippen LogP contribution in [0.1, 0.15) is 25.7 Å². The van der Waals surface area contributed by atoms with Crippen LogP contribution < -0.4 is 0 Å². The predicted molar refractivity (Wildman–Crippen MR) is 80.8 cm³/mol. The Kier molecular flexibility index (Phi) is 5.03. The number of thiol groups is 1. The van der Waals surface area contributed by atoms with Crippen LogP contribution in [0.25, 0.3) is 16.1 Å². The van der Waals surface area contributed by atoms with E-state index in [-0.39, 0.29) is 18.6 Å². The maximum Gasteiger partial charge on any atom is 0.00463 e. The molecular formula is C16H16NSV-. The molecule has 1 radical (unpaired) electrons. The van der Waals surface area contributed by atoms with E-state index in [9.17, 15) is 0 Å². The van der Waals surface area contributed by atoms with Crippen LogP contribution in [0.4, 0.5) is 5.69 Å². The van der Waals surface area contributed by atoms with E-state index in [4.69, 9.17) is 0 Å². The van der Waals surface area contributed by atoms with Crippen molar-refractivity contribution in [1.29, 1.82) is 0 Å². The Morgan fingerprint density at radius 2 is 1.63 bits per heavy atom. The van der Waals surface area contributed by atoms with Crippen LogP contribution in [0.15, 0.2) is 53.1 Å². The molecule has 0 aromatic heterocycles. The first-order chi connectivity index (χ1) is 8.81. The molecule has 0 spiro atoms. The van der Waals surface area contributed by atoms with Crippen molar-refractivity contribution in [2.75, 3.05) is 0 Å². The molecule has 3 rings (SSSR count). The van der Waals surface area contributed by atoms with Gasteiger partial charge >= 0.3 is 0 Å². The molecule has 97 valence electrons. The first-order valence-electron chi connectivity index (χ1n) is 6.43. The standard InChI is InChI=1S/C16H16NS.V/c18-16-8-6-13-9-15(7-5-14(13)10-16)17-11-12-3-1-2-4-12;/h5-11,18H,1-4H2;/q-1;. The first kappa shape index (κ1) is 14.6. The Bertz CT molecular complexity index is 599. The van der Waals surface area contributed by atoms with E-state index in [0.29, 0.717) is 0 Å². The zero-order valence-corrected chi connectivity index (χ0v) is 13.0. The minimum atomic E-state index is 0. The molecule has 1 nitrogen and oxygen atoms in total. The van der Waals surface area contributed by atoms with Crippen molar-refractivity contribution in [1.82, 2.24) is 0 Å². The summed E-state index contributed by atoms with van der Waals surface area (Å²) in [5.41, 5.74) is 2.52. The number of benzene rings is 2. The molecular weight excluding hydrogens is 289 g/mol. The van der Waals surface area contributed by atoms with Crippen molar-refractivity contribution in [3.63, 3.8) is 0 Å². The van der Waals surface area contributed by atoms with Gasteiger partial charge in [0.25, 0.3) is 0 Å². The summed E-state index contributed by atoms with van der Waals surface area (Å²) in [5.74, 6) is 0. The van der Waals surface area contributed by atoms with E-state index in [2.05, 4.69) is 54.5 Å². The minimum Gasteiger partial charge on any atom is -0.664 e. The quantitative estimate of drug-likeness (QED) is 0.695. The summed E-state index contributed by atoms with van der Waals surface area (Å²) in [7, 11) is 0. The molecule has 3 heteroatoms. The average molecular weight is 305 g/mol. The summed E-state index contributed by atoms with van der Waals surface area (Å²) in [6.45, 7) is 0. The Morgan fingerprint density at radius 3 is 2.42 bits per heavy atom. The summed E-state index contributed by atoms with van der Waals surface area (Å²) in [5, 5.41) is 7.02. The van der Waals surface area contributed by atoms with Gasteiger partial charge in [-0.3, -0.25) is 0 Å². The molecule has 1 saturated carbocycles. The Balaban J connectivity index is 0.00000133. The van der Waals surface area contributed by atoms with Gasteiger partial charge in [-0.05, 0) is 48.6 Å². The van der Waals surface area contributed by atoms with Gasteiger partial charge in [0, 0.05) is 23.5 Å². The van der Waals surface area contributed by atoms with Crippen molar-refractivity contribution in [3.05, 3.63) is 53.5 Å². The third-order valence-corrected chi connectivity index (χ3v) is 3.73. The van der Waals surface area contributed by atoms with Gasteiger partial charge in [0.15, 0.2) is 0 Å². The molecule has 2 aromatic carbocycles. The van der Waals surface area contributed by atoms with Crippen LogP contribution in [-0.4, -0.2) is 0 Å². The number of allylic oxidation sites excluding steroid dienone is 1. The van der Waals surface area contributed by atoms with Gasteiger partial charge in [-0.15, -0.1) is 18.3 Å². The summed E-state index contributed by atoms with van der Waals surface area (Å²) < 4.78 is 0. The van der Waals surface area contributed by atoms with Gasteiger partial charge in [0.1, 0.15) is 0 Å². The fourth-order valence-electron chi connectivity index (χ4n) is 2.42. The Morgan fingerprint density at radius 1 is 0.947 bits per heavy atom. The van der Waals surface area contributed by atoms with Crippen LogP contribution >= 0.6 is 12.6 Å². The van der Waals surface area contributed by atoms with Crippen molar-refractivity contribution < 1.29 is 18.6 Å².